The van der Waals surface area contributed by atoms with Crippen LogP contribution in [0.4, 0.5) is 0 Å². The van der Waals surface area contributed by atoms with Gasteiger partial charge in [-0.25, -0.2) is 13.1 Å². The smallest absolute Gasteiger partial charge is 0.241 e. The van der Waals surface area contributed by atoms with E-state index in [2.05, 4.69) is 10.0 Å². The Labute approximate surface area is 153 Å². The molecule has 0 aliphatic rings. The van der Waals surface area contributed by atoms with Crippen LogP contribution in [0.3, 0.4) is 0 Å². The lowest BCUT2D eigenvalue weighted by atomic mass is 10.0. The highest BCUT2D eigenvalue weighted by Gasteiger charge is 2.23. The molecule has 2 aromatic carbocycles. The zero-order valence-electron chi connectivity index (χ0n) is 13.9. The van der Waals surface area contributed by atoms with Crippen molar-refractivity contribution in [1.82, 2.24) is 10.0 Å². The van der Waals surface area contributed by atoms with Crippen LogP contribution < -0.4 is 10.0 Å². The van der Waals surface area contributed by atoms with E-state index in [1.807, 2.05) is 13.0 Å². The SMILES string of the molecule is Cc1ccc(S(=O)(=O)N[C@H](CC(=O)NCCCl)c2ccccc2)cc1. The third kappa shape index (κ3) is 5.85. The Morgan fingerprint density at radius 2 is 1.72 bits per heavy atom. The summed E-state index contributed by atoms with van der Waals surface area (Å²) in [5.74, 6) is 0.0396. The molecule has 2 N–H and O–H groups in total. The Bertz CT molecular complexity index is 793. The second kappa shape index (κ2) is 8.99. The van der Waals surface area contributed by atoms with Gasteiger partial charge in [-0.1, -0.05) is 48.0 Å². The molecular weight excluding hydrogens is 360 g/mol. The predicted octanol–water partition coefficient (Wildman–Crippen LogP) is 2.76. The molecule has 134 valence electrons. The van der Waals surface area contributed by atoms with Crippen molar-refractivity contribution in [1.29, 1.82) is 0 Å². The Morgan fingerprint density at radius 3 is 2.32 bits per heavy atom. The average molecular weight is 381 g/mol. The molecule has 1 amide bonds. The second-order valence-electron chi connectivity index (χ2n) is 5.64. The van der Waals surface area contributed by atoms with E-state index in [0.29, 0.717) is 12.4 Å². The molecule has 2 rings (SSSR count). The molecule has 0 aliphatic heterocycles. The Hall–Kier alpha value is -1.89. The molecule has 0 saturated heterocycles. The van der Waals surface area contributed by atoms with Gasteiger partial charge in [-0.2, -0.15) is 0 Å². The largest absolute Gasteiger partial charge is 0.355 e. The number of halogens is 1. The molecule has 0 unspecified atom stereocenters. The Morgan fingerprint density at radius 1 is 1.08 bits per heavy atom. The Balaban J connectivity index is 2.23. The minimum Gasteiger partial charge on any atom is -0.355 e. The number of hydrogen-bond donors (Lipinski definition) is 2. The van der Waals surface area contributed by atoms with Gasteiger partial charge in [0.25, 0.3) is 0 Å². The summed E-state index contributed by atoms with van der Waals surface area (Å²) in [5, 5.41) is 2.66. The van der Waals surface area contributed by atoms with Crippen molar-refractivity contribution in [2.45, 2.75) is 24.3 Å². The molecule has 25 heavy (non-hydrogen) atoms. The topological polar surface area (TPSA) is 75.3 Å². The zero-order chi connectivity index (χ0) is 18.3. The van der Waals surface area contributed by atoms with Gasteiger partial charge in [0.15, 0.2) is 0 Å². The number of hydrogen-bond acceptors (Lipinski definition) is 3. The molecule has 0 heterocycles. The third-order valence-corrected chi connectivity index (χ3v) is 5.31. The summed E-state index contributed by atoms with van der Waals surface area (Å²) >= 11 is 5.57. The zero-order valence-corrected chi connectivity index (χ0v) is 15.5. The molecule has 0 saturated carbocycles. The first kappa shape index (κ1) is 19.4. The fourth-order valence-electron chi connectivity index (χ4n) is 2.33. The van der Waals surface area contributed by atoms with Crippen LogP contribution in [-0.2, 0) is 14.8 Å². The lowest BCUT2D eigenvalue weighted by molar-refractivity contribution is -0.121. The van der Waals surface area contributed by atoms with Crippen molar-refractivity contribution in [2.24, 2.45) is 0 Å². The van der Waals surface area contributed by atoms with Gasteiger partial charge in [-0.3, -0.25) is 4.79 Å². The maximum atomic E-state index is 12.7. The van der Waals surface area contributed by atoms with Gasteiger partial charge in [0.2, 0.25) is 15.9 Å². The summed E-state index contributed by atoms with van der Waals surface area (Å²) in [7, 11) is -3.75. The molecule has 0 bridgehead atoms. The van der Waals surface area contributed by atoms with E-state index >= 15 is 0 Å². The molecule has 5 nitrogen and oxygen atoms in total. The number of aryl methyl sites for hydroxylation is 1. The van der Waals surface area contributed by atoms with E-state index in [9.17, 15) is 13.2 Å². The van der Waals surface area contributed by atoms with Crippen LogP contribution in [-0.4, -0.2) is 26.7 Å². The minimum atomic E-state index is -3.75. The molecule has 0 spiro atoms. The lowest BCUT2D eigenvalue weighted by Crippen LogP contribution is -2.34. The van der Waals surface area contributed by atoms with Crippen LogP contribution in [0.15, 0.2) is 59.5 Å². The molecule has 0 aliphatic carbocycles. The van der Waals surface area contributed by atoms with Crippen molar-refractivity contribution in [3.8, 4) is 0 Å². The van der Waals surface area contributed by atoms with Crippen molar-refractivity contribution in [3.05, 3.63) is 65.7 Å². The van der Waals surface area contributed by atoms with Crippen molar-refractivity contribution in [2.75, 3.05) is 12.4 Å². The maximum Gasteiger partial charge on any atom is 0.241 e. The molecule has 0 radical (unpaired) electrons. The van der Waals surface area contributed by atoms with Crippen molar-refractivity contribution < 1.29 is 13.2 Å². The van der Waals surface area contributed by atoms with Crippen LogP contribution in [0.1, 0.15) is 23.6 Å². The van der Waals surface area contributed by atoms with E-state index in [1.54, 1.807) is 48.5 Å². The number of sulfonamides is 1. The number of rotatable bonds is 8. The number of carbonyl (C=O) groups excluding carboxylic acids is 1. The van der Waals surface area contributed by atoms with Crippen LogP contribution in [0.5, 0.6) is 0 Å². The summed E-state index contributed by atoms with van der Waals surface area (Å²) in [6, 6.07) is 14.9. The fourth-order valence-corrected chi connectivity index (χ4v) is 3.65. The van der Waals surface area contributed by atoms with Crippen LogP contribution >= 0.6 is 11.6 Å². The first-order chi connectivity index (χ1) is 11.9. The summed E-state index contributed by atoms with van der Waals surface area (Å²) in [4.78, 5) is 12.2. The Kier molecular flexibility index (Phi) is 6.99. The first-order valence-corrected chi connectivity index (χ1v) is 9.91. The highest BCUT2D eigenvalue weighted by molar-refractivity contribution is 7.89. The molecule has 0 fully saturated rings. The van der Waals surface area contributed by atoms with Crippen molar-refractivity contribution >= 4 is 27.5 Å². The van der Waals surface area contributed by atoms with E-state index in [-0.39, 0.29) is 17.2 Å². The fraction of sp³-hybridized carbons (Fsp3) is 0.278. The van der Waals surface area contributed by atoms with E-state index in [1.165, 1.54) is 0 Å². The number of nitrogens with one attached hydrogen (secondary N) is 2. The molecule has 2 aromatic rings. The third-order valence-electron chi connectivity index (χ3n) is 3.64. The summed E-state index contributed by atoms with van der Waals surface area (Å²) < 4.78 is 27.9. The van der Waals surface area contributed by atoms with E-state index < -0.39 is 16.1 Å². The lowest BCUT2D eigenvalue weighted by Gasteiger charge is -2.19. The van der Waals surface area contributed by atoms with Crippen LogP contribution in [0.2, 0.25) is 0 Å². The van der Waals surface area contributed by atoms with Gasteiger partial charge in [-0.05, 0) is 24.6 Å². The summed E-state index contributed by atoms with van der Waals surface area (Å²) in [5.41, 5.74) is 1.69. The highest BCUT2D eigenvalue weighted by atomic mass is 35.5. The van der Waals surface area contributed by atoms with E-state index in [0.717, 1.165) is 11.1 Å². The van der Waals surface area contributed by atoms with Gasteiger partial charge >= 0.3 is 0 Å². The predicted molar refractivity (Wildman–Crippen MR) is 99.0 cm³/mol. The van der Waals surface area contributed by atoms with E-state index in [4.69, 9.17) is 11.6 Å². The van der Waals surface area contributed by atoms with Gasteiger partial charge < -0.3 is 5.32 Å². The number of alkyl halides is 1. The minimum absolute atomic E-state index is 0.00794. The molecule has 7 heteroatoms. The van der Waals surface area contributed by atoms with Crippen LogP contribution in [0, 0.1) is 6.92 Å². The van der Waals surface area contributed by atoms with Gasteiger partial charge in [0, 0.05) is 18.8 Å². The van der Waals surface area contributed by atoms with Gasteiger partial charge in [-0.15, -0.1) is 11.6 Å². The standard InChI is InChI=1S/C18H21ClN2O3S/c1-14-7-9-16(10-8-14)25(23,24)21-17(13-18(22)20-12-11-19)15-5-3-2-4-6-15/h2-10,17,21H,11-13H2,1H3,(H,20,22)/t17-/m1/s1. The molecule has 1 atom stereocenters. The molecular formula is C18H21ClN2O3S. The first-order valence-electron chi connectivity index (χ1n) is 7.89. The summed E-state index contributed by atoms with van der Waals surface area (Å²) in [6.07, 6.45) is -0.00794. The maximum absolute atomic E-state index is 12.7. The van der Waals surface area contributed by atoms with Crippen LogP contribution in [0.25, 0.3) is 0 Å². The quantitative estimate of drug-likeness (QED) is 0.691. The molecule has 0 aromatic heterocycles. The monoisotopic (exact) mass is 380 g/mol. The number of carbonyl (C=O) groups is 1. The second-order valence-corrected chi connectivity index (χ2v) is 7.73. The number of benzene rings is 2. The van der Waals surface area contributed by atoms with Crippen molar-refractivity contribution in [3.63, 3.8) is 0 Å². The normalized spacial score (nSPS) is 12.6. The number of amides is 1. The highest BCUT2D eigenvalue weighted by Crippen LogP contribution is 2.20. The van der Waals surface area contributed by atoms with Gasteiger partial charge in [0.1, 0.15) is 0 Å². The average Bonchev–Trinajstić information content (AvgIpc) is 2.60. The van der Waals surface area contributed by atoms with Gasteiger partial charge in [0.05, 0.1) is 10.9 Å². The summed E-state index contributed by atoms with van der Waals surface area (Å²) in [6.45, 7) is 2.23.